The minimum atomic E-state index is -1.08. The molecule has 0 saturated carbocycles. The van der Waals surface area contributed by atoms with Crippen LogP contribution in [0.3, 0.4) is 0 Å². The van der Waals surface area contributed by atoms with Gasteiger partial charge in [0.15, 0.2) is 18.4 Å². The molecule has 0 radical (unpaired) electrons. The van der Waals surface area contributed by atoms with Crippen molar-refractivity contribution < 1.29 is 24.1 Å². The van der Waals surface area contributed by atoms with Gasteiger partial charge in [-0.15, -0.1) is 0 Å². The Bertz CT molecular complexity index is 691. The third kappa shape index (κ3) is 7.05. The molecule has 156 valence electrons. The highest BCUT2D eigenvalue weighted by Gasteiger charge is 2.21. The quantitative estimate of drug-likeness (QED) is 0.742. The van der Waals surface area contributed by atoms with Gasteiger partial charge in [0.25, 0.3) is 0 Å². The molecule has 0 amide bonds. The van der Waals surface area contributed by atoms with Crippen molar-refractivity contribution in [2.24, 2.45) is 0 Å². The van der Waals surface area contributed by atoms with Gasteiger partial charge in [0.2, 0.25) is 0 Å². The van der Waals surface area contributed by atoms with Crippen LogP contribution in [0.5, 0.6) is 0 Å². The number of ketones is 1. The van der Waals surface area contributed by atoms with E-state index in [1.54, 1.807) is 48.5 Å². The Hall–Kier alpha value is -2.05. The second-order valence-electron chi connectivity index (χ2n) is 7.27. The molecule has 5 nitrogen and oxygen atoms in total. The lowest BCUT2D eigenvalue weighted by Gasteiger charge is -2.29. The standard InChI is InChI=1S/C14H12O2.C10H18O3/c15-13(11-7-3-1-4-8-11)14(16)12-9-5-2-6-10-12;1-3-7-11-9(5-1)13-10-6-2-4-8-12-10/h1-10,13,15H;9-10H,1-8H2. The Morgan fingerprint density at radius 1 is 0.828 bits per heavy atom. The second kappa shape index (κ2) is 11.8. The maximum absolute atomic E-state index is 11.9. The first kappa shape index (κ1) is 21.7. The maximum Gasteiger partial charge on any atom is 0.195 e. The lowest BCUT2D eigenvalue weighted by atomic mass is 10.0. The van der Waals surface area contributed by atoms with E-state index < -0.39 is 6.10 Å². The summed E-state index contributed by atoms with van der Waals surface area (Å²) in [7, 11) is 0. The van der Waals surface area contributed by atoms with Gasteiger partial charge in [0.05, 0.1) is 0 Å². The monoisotopic (exact) mass is 398 g/mol. The van der Waals surface area contributed by atoms with Crippen molar-refractivity contribution >= 4 is 5.78 Å². The number of benzene rings is 2. The van der Waals surface area contributed by atoms with E-state index in [2.05, 4.69) is 0 Å². The molecular formula is C24H30O5. The highest BCUT2D eigenvalue weighted by molar-refractivity contribution is 5.99. The zero-order valence-electron chi connectivity index (χ0n) is 16.7. The van der Waals surface area contributed by atoms with Crippen LogP contribution in [0.2, 0.25) is 0 Å². The number of Topliss-reactive ketones (excluding diaryl/α,β-unsaturated/α-hetero) is 1. The number of aliphatic hydroxyl groups excluding tert-OH is 1. The number of ether oxygens (including phenoxy) is 3. The molecule has 5 heteroatoms. The summed E-state index contributed by atoms with van der Waals surface area (Å²) in [5, 5.41) is 9.89. The van der Waals surface area contributed by atoms with Crippen molar-refractivity contribution in [3.63, 3.8) is 0 Å². The number of carbonyl (C=O) groups excluding carboxylic acids is 1. The topological polar surface area (TPSA) is 65.0 Å². The van der Waals surface area contributed by atoms with Gasteiger partial charge in [-0.3, -0.25) is 4.79 Å². The van der Waals surface area contributed by atoms with Crippen LogP contribution < -0.4 is 0 Å². The predicted molar refractivity (Wildman–Crippen MR) is 110 cm³/mol. The van der Waals surface area contributed by atoms with Crippen molar-refractivity contribution in [2.75, 3.05) is 13.2 Å². The molecule has 0 aliphatic carbocycles. The highest BCUT2D eigenvalue weighted by atomic mass is 16.8. The molecule has 2 aromatic rings. The van der Waals surface area contributed by atoms with E-state index in [1.807, 2.05) is 12.1 Å². The fourth-order valence-corrected chi connectivity index (χ4v) is 3.35. The third-order valence-electron chi connectivity index (χ3n) is 5.00. The normalized spacial score (nSPS) is 22.8. The molecule has 0 spiro atoms. The molecule has 29 heavy (non-hydrogen) atoms. The van der Waals surface area contributed by atoms with Gasteiger partial charge in [0, 0.05) is 18.8 Å². The molecule has 2 heterocycles. The van der Waals surface area contributed by atoms with Crippen LogP contribution in [0.4, 0.5) is 0 Å². The van der Waals surface area contributed by atoms with Crippen LogP contribution in [0.15, 0.2) is 60.7 Å². The number of hydrogen-bond donors (Lipinski definition) is 1. The first-order valence-corrected chi connectivity index (χ1v) is 10.4. The van der Waals surface area contributed by atoms with Crippen LogP contribution in [0.1, 0.15) is 60.6 Å². The van der Waals surface area contributed by atoms with E-state index in [4.69, 9.17) is 14.2 Å². The van der Waals surface area contributed by atoms with Crippen molar-refractivity contribution in [3.05, 3.63) is 71.8 Å². The Labute approximate surface area is 172 Å². The largest absolute Gasteiger partial charge is 0.380 e. The van der Waals surface area contributed by atoms with Crippen LogP contribution in [-0.4, -0.2) is 36.7 Å². The average molecular weight is 398 g/mol. The van der Waals surface area contributed by atoms with Gasteiger partial charge in [0.1, 0.15) is 6.10 Å². The second-order valence-corrected chi connectivity index (χ2v) is 7.27. The highest BCUT2D eigenvalue weighted by Crippen LogP contribution is 2.21. The Morgan fingerprint density at radius 3 is 1.83 bits per heavy atom. The number of carbonyl (C=O) groups is 1. The summed E-state index contributed by atoms with van der Waals surface area (Å²) in [4.78, 5) is 11.9. The summed E-state index contributed by atoms with van der Waals surface area (Å²) < 4.78 is 16.6. The summed E-state index contributed by atoms with van der Waals surface area (Å²) in [6.07, 6.45) is 5.75. The first-order chi connectivity index (χ1) is 14.2. The summed E-state index contributed by atoms with van der Waals surface area (Å²) in [5.74, 6) is -0.271. The Morgan fingerprint density at radius 2 is 1.34 bits per heavy atom. The molecule has 2 aliphatic heterocycles. The van der Waals surface area contributed by atoms with Gasteiger partial charge in [-0.1, -0.05) is 60.7 Å². The van der Waals surface area contributed by atoms with E-state index in [0.29, 0.717) is 11.1 Å². The fourth-order valence-electron chi connectivity index (χ4n) is 3.35. The maximum atomic E-state index is 11.9. The van der Waals surface area contributed by atoms with Crippen LogP contribution >= 0.6 is 0 Å². The van der Waals surface area contributed by atoms with Crippen LogP contribution in [-0.2, 0) is 14.2 Å². The molecule has 1 N–H and O–H groups in total. The van der Waals surface area contributed by atoms with Crippen LogP contribution in [0, 0.1) is 0 Å². The minimum absolute atomic E-state index is 0.00292. The fraction of sp³-hybridized carbons (Fsp3) is 0.458. The number of aliphatic hydroxyl groups is 1. The molecule has 0 aromatic heterocycles. The zero-order chi connectivity index (χ0) is 20.3. The minimum Gasteiger partial charge on any atom is -0.380 e. The molecule has 3 unspecified atom stereocenters. The van der Waals surface area contributed by atoms with Gasteiger partial charge in [-0.05, 0) is 44.1 Å². The van der Waals surface area contributed by atoms with Crippen molar-refractivity contribution in [2.45, 2.75) is 57.2 Å². The predicted octanol–water partition coefficient (Wildman–Crippen LogP) is 4.66. The summed E-state index contributed by atoms with van der Waals surface area (Å²) in [6, 6.07) is 17.7. The third-order valence-corrected chi connectivity index (χ3v) is 5.00. The van der Waals surface area contributed by atoms with E-state index in [1.165, 1.54) is 25.7 Å². The van der Waals surface area contributed by atoms with Crippen LogP contribution in [0.25, 0.3) is 0 Å². The lowest BCUT2D eigenvalue weighted by molar-refractivity contribution is -0.264. The molecule has 2 saturated heterocycles. The zero-order valence-corrected chi connectivity index (χ0v) is 16.7. The molecule has 4 rings (SSSR count). The first-order valence-electron chi connectivity index (χ1n) is 10.4. The number of rotatable bonds is 5. The molecule has 2 aliphatic rings. The SMILES string of the molecule is C1CCC(OC2CCCCO2)OC1.O=C(c1ccccc1)C(O)c1ccccc1. The van der Waals surface area contributed by atoms with Crippen molar-refractivity contribution in [3.8, 4) is 0 Å². The summed E-state index contributed by atoms with van der Waals surface area (Å²) in [5.41, 5.74) is 1.15. The average Bonchev–Trinajstić information content (AvgIpc) is 2.81. The smallest absolute Gasteiger partial charge is 0.195 e. The van der Waals surface area contributed by atoms with Gasteiger partial charge < -0.3 is 19.3 Å². The molecule has 3 atom stereocenters. The van der Waals surface area contributed by atoms with Crippen molar-refractivity contribution in [1.82, 2.24) is 0 Å². The van der Waals surface area contributed by atoms with E-state index in [-0.39, 0.29) is 18.4 Å². The van der Waals surface area contributed by atoms with E-state index in [0.717, 1.165) is 26.1 Å². The molecule has 0 bridgehead atoms. The van der Waals surface area contributed by atoms with E-state index >= 15 is 0 Å². The molecule has 2 fully saturated rings. The number of hydrogen-bond acceptors (Lipinski definition) is 5. The Kier molecular flexibility index (Phi) is 8.83. The summed E-state index contributed by atoms with van der Waals surface area (Å²) in [6.45, 7) is 1.69. The molecule has 2 aromatic carbocycles. The van der Waals surface area contributed by atoms with E-state index in [9.17, 15) is 9.90 Å². The van der Waals surface area contributed by atoms with Crippen molar-refractivity contribution in [1.29, 1.82) is 0 Å². The molecular weight excluding hydrogens is 368 g/mol. The lowest BCUT2D eigenvalue weighted by Crippen LogP contribution is -2.31. The van der Waals surface area contributed by atoms with Gasteiger partial charge in [-0.2, -0.15) is 0 Å². The van der Waals surface area contributed by atoms with Gasteiger partial charge in [-0.25, -0.2) is 0 Å². The van der Waals surface area contributed by atoms with Gasteiger partial charge >= 0.3 is 0 Å². The summed E-state index contributed by atoms with van der Waals surface area (Å²) >= 11 is 0. The Balaban J connectivity index is 0.000000169.